The molecule has 2 unspecified atom stereocenters. The zero-order chi connectivity index (χ0) is 28.1. The highest BCUT2D eigenvalue weighted by atomic mass is 16.5. The van der Waals surface area contributed by atoms with Gasteiger partial charge in [-0.3, -0.25) is 9.69 Å². The summed E-state index contributed by atoms with van der Waals surface area (Å²) in [7, 11) is 1.73. The van der Waals surface area contributed by atoms with Crippen molar-refractivity contribution in [3.05, 3.63) is 52.2 Å². The van der Waals surface area contributed by atoms with E-state index >= 15 is 0 Å². The average molecular weight is 552 g/mol. The maximum Gasteiger partial charge on any atom is 0.325 e. The molecule has 0 saturated carbocycles. The first-order valence-electron chi connectivity index (χ1n) is 15.1. The summed E-state index contributed by atoms with van der Waals surface area (Å²) < 4.78 is 18.0. The Morgan fingerprint density at radius 3 is 2.88 bits per heavy atom. The van der Waals surface area contributed by atoms with Crippen LogP contribution in [0, 0.1) is 6.92 Å². The number of nitrogens with one attached hydrogen (secondary N) is 1. The number of methoxy groups -OCH3 is 1. The standard InChI is InChI=1S/C32H45N3O5/c1-21-10-12-25(28-9-5-7-17-40-28)27(18-21)30(32(36)37)35-15-14-24(20-35)39-16-6-4-8-23-19-29(38-3)26-13-11-22(2)33-31(26)34-23/h10,12,18-19,22,24,28,30H,4-9,11,13-17,20H2,1-3H3,(H,33,34)(H,36,37)/t22?,24-,28+,30?/m1/s1. The summed E-state index contributed by atoms with van der Waals surface area (Å²) in [5, 5.41) is 13.8. The van der Waals surface area contributed by atoms with Crippen LogP contribution in [0.1, 0.15) is 92.0 Å². The maximum absolute atomic E-state index is 12.6. The van der Waals surface area contributed by atoms with Gasteiger partial charge < -0.3 is 24.6 Å². The van der Waals surface area contributed by atoms with Gasteiger partial charge in [0.05, 0.1) is 19.3 Å². The molecule has 40 heavy (non-hydrogen) atoms. The van der Waals surface area contributed by atoms with Crippen LogP contribution in [0.4, 0.5) is 5.82 Å². The van der Waals surface area contributed by atoms with E-state index in [1.54, 1.807) is 7.11 Å². The van der Waals surface area contributed by atoms with Gasteiger partial charge in [0.1, 0.15) is 17.6 Å². The van der Waals surface area contributed by atoms with E-state index in [1.807, 2.05) is 13.0 Å². The number of nitrogens with zero attached hydrogens (tertiary/aromatic N) is 2. The molecule has 0 bridgehead atoms. The summed E-state index contributed by atoms with van der Waals surface area (Å²) in [6, 6.07) is 8.01. The summed E-state index contributed by atoms with van der Waals surface area (Å²) >= 11 is 0. The Hall–Kier alpha value is -2.68. The predicted octanol–water partition coefficient (Wildman–Crippen LogP) is 5.63. The van der Waals surface area contributed by atoms with Gasteiger partial charge >= 0.3 is 5.97 Å². The number of carboxylic acid groups (broad SMARTS) is 1. The summed E-state index contributed by atoms with van der Waals surface area (Å²) in [6.45, 7) is 6.96. The first-order chi connectivity index (χ1) is 19.4. The molecular weight excluding hydrogens is 506 g/mol. The van der Waals surface area contributed by atoms with Crippen molar-refractivity contribution in [3.8, 4) is 5.75 Å². The van der Waals surface area contributed by atoms with Crippen LogP contribution in [0.25, 0.3) is 0 Å². The molecule has 2 fully saturated rings. The monoisotopic (exact) mass is 551 g/mol. The van der Waals surface area contributed by atoms with Crippen LogP contribution in [0.5, 0.6) is 5.75 Å². The normalized spacial score (nSPS) is 23.8. The Morgan fingerprint density at radius 1 is 1.23 bits per heavy atom. The lowest BCUT2D eigenvalue weighted by molar-refractivity contribution is -0.143. The number of carboxylic acids is 1. The lowest BCUT2D eigenvalue weighted by Crippen LogP contribution is -2.34. The molecule has 0 amide bonds. The van der Waals surface area contributed by atoms with Crippen LogP contribution in [-0.4, -0.2) is 66.5 Å². The molecule has 3 aliphatic rings. The number of fused-ring (bicyclic) bond motifs is 1. The average Bonchev–Trinajstić information content (AvgIpc) is 3.40. The largest absolute Gasteiger partial charge is 0.496 e. The predicted molar refractivity (Wildman–Crippen MR) is 155 cm³/mol. The van der Waals surface area contributed by atoms with E-state index in [4.69, 9.17) is 19.2 Å². The lowest BCUT2D eigenvalue weighted by Gasteiger charge is -2.30. The van der Waals surface area contributed by atoms with E-state index in [1.165, 1.54) is 5.56 Å². The number of unbranched alkanes of at least 4 members (excludes halogenated alkanes) is 1. The number of carbonyl (C=O) groups is 1. The maximum atomic E-state index is 12.6. The first-order valence-corrected chi connectivity index (χ1v) is 15.1. The van der Waals surface area contributed by atoms with E-state index in [9.17, 15) is 9.90 Å². The number of aromatic nitrogens is 1. The summed E-state index contributed by atoms with van der Waals surface area (Å²) in [6.07, 6.45) is 8.87. The SMILES string of the molecule is COc1cc(CCCCO[C@@H]2CCN(C(C(=O)O)c3cc(C)ccc3[C@@H]3CCCCO3)C2)nc2c1CCC(C)N2. The molecule has 2 N–H and O–H groups in total. The minimum atomic E-state index is -0.805. The Labute approximate surface area is 238 Å². The molecular formula is C32H45N3O5. The van der Waals surface area contributed by atoms with Crippen molar-refractivity contribution < 1.29 is 24.1 Å². The number of ether oxygens (including phenoxy) is 3. The van der Waals surface area contributed by atoms with Gasteiger partial charge in [0, 0.05) is 49.7 Å². The zero-order valence-electron chi connectivity index (χ0n) is 24.3. The third-order valence-corrected chi connectivity index (χ3v) is 8.59. The Kier molecular flexibility index (Phi) is 9.60. The Morgan fingerprint density at radius 2 is 2.10 bits per heavy atom. The van der Waals surface area contributed by atoms with Crippen molar-refractivity contribution in [2.45, 2.75) is 95.9 Å². The van der Waals surface area contributed by atoms with Crippen LogP contribution in [-0.2, 0) is 27.1 Å². The van der Waals surface area contributed by atoms with E-state index in [2.05, 4.69) is 35.3 Å². The number of benzene rings is 1. The van der Waals surface area contributed by atoms with Crippen LogP contribution < -0.4 is 10.1 Å². The van der Waals surface area contributed by atoms with Gasteiger partial charge in [-0.15, -0.1) is 0 Å². The van der Waals surface area contributed by atoms with Crippen LogP contribution >= 0.6 is 0 Å². The van der Waals surface area contributed by atoms with Gasteiger partial charge in [-0.25, -0.2) is 4.98 Å². The molecule has 0 spiro atoms. The third-order valence-electron chi connectivity index (χ3n) is 8.59. The van der Waals surface area contributed by atoms with Gasteiger partial charge in [-0.2, -0.15) is 0 Å². The van der Waals surface area contributed by atoms with Gasteiger partial charge in [-0.1, -0.05) is 23.8 Å². The first kappa shape index (κ1) is 28.8. The van der Waals surface area contributed by atoms with Gasteiger partial charge in [0.25, 0.3) is 0 Å². The number of rotatable bonds is 11. The Balaban J connectivity index is 1.14. The second-order valence-electron chi connectivity index (χ2n) is 11.7. The fraction of sp³-hybridized carbons (Fsp3) is 0.625. The summed E-state index contributed by atoms with van der Waals surface area (Å²) in [4.78, 5) is 19.5. The number of anilines is 1. The topological polar surface area (TPSA) is 93.2 Å². The van der Waals surface area contributed by atoms with Crippen molar-refractivity contribution in [1.82, 2.24) is 9.88 Å². The third kappa shape index (κ3) is 6.78. The summed E-state index contributed by atoms with van der Waals surface area (Å²) in [5.41, 5.74) is 5.20. The molecule has 2 saturated heterocycles. The van der Waals surface area contributed by atoms with E-state index in [0.717, 1.165) is 98.3 Å². The van der Waals surface area contributed by atoms with Crippen LogP contribution in [0.3, 0.4) is 0 Å². The molecule has 1 aromatic carbocycles. The molecule has 2 aromatic rings. The van der Waals surface area contributed by atoms with Crippen molar-refractivity contribution in [2.24, 2.45) is 0 Å². The lowest BCUT2D eigenvalue weighted by atomic mass is 9.91. The minimum absolute atomic E-state index is 0.0235. The second-order valence-corrected chi connectivity index (χ2v) is 11.7. The zero-order valence-corrected chi connectivity index (χ0v) is 24.3. The number of aryl methyl sites for hydroxylation is 2. The summed E-state index contributed by atoms with van der Waals surface area (Å²) in [5.74, 6) is 1.09. The number of hydrogen-bond donors (Lipinski definition) is 2. The van der Waals surface area contributed by atoms with Crippen molar-refractivity contribution in [3.63, 3.8) is 0 Å². The number of hydrogen-bond acceptors (Lipinski definition) is 7. The van der Waals surface area contributed by atoms with E-state index in [-0.39, 0.29) is 12.2 Å². The van der Waals surface area contributed by atoms with E-state index in [0.29, 0.717) is 25.7 Å². The fourth-order valence-corrected chi connectivity index (χ4v) is 6.41. The van der Waals surface area contributed by atoms with Gasteiger partial charge in [0.2, 0.25) is 0 Å². The van der Waals surface area contributed by atoms with Gasteiger partial charge in [0.15, 0.2) is 0 Å². The molecule has 5 rings (SSSR count). The van der Waals surface area contributed by atoms with Crippen molar-refractivity contribution >= 4 is 11.8 Å². The molecule has 3 aliphatic heterocycles. The number of likely N-dealkylation sites (tertiary alicyclic amines) is 1. The molecule has 1 aromatic heterocycles. The highest BCUT2D eigenvalue weighted by molar-refractivity contribution is 5.76. The number of pyridine rings is 1. The highest BCUT2D eigenvalue weighted by Gasteiger charge is 2.36. The second kappa shape index (κ2) is 13.3. The molecule has 8 heteroatoms. The van der Waals surface area contributed by atoms with Crippen LogP contribution in [0.2, 0.25) is 0 Å². The molecule has 4 atom stereocenters. The molecule has 4 heterocycles. The van der Waals surface area contributed by atoms with Crippen molar-refractivity contribution in [1.29, 1.82) is 0 Å². The smallest absolute Gasteiger partial charge is 0.325 e. The molecule has 0 aliphatic carbocycles. The molecule has 0 radical (unpaired) electrons. The minimum Gasteiger partial charge on any atom is -0.496 e. The van der Waals surface area contributed by atoms with Gasteiger partial charge in [-0.05, 0) is 82.8 Å². The highest BCUT2D eigenvalue weighted by Crippen LogP contribution is 2.37. The van der Waals surface area contributed by atoms with Crippen LogP contribution in [0.15, 0.2) is 24.3 Å². The number of aliphatic carboxylic acids is 1. The van der Waals surface area contributed by atoms with E-state index < -0.39 is 12.0 Å². The fourth-order valence-electron chi connectivity index (χ4n) is 6.41. The quantitative estimate of drug-likeness (QED) is 0.347. The van der Waals surface area contributed by atoms with Crippen molar-refractivity contribution in [2.75, 3.05) is 38.7 Å². The molecule has 8 nitrogen and oxygen atoms in total. The Bertz CT molecular complexity index is 1170. The molecule has 218 valence electrons.